The lowest BCUT2D eigenvalue weighted by atomic mass is 10.2. The lowest BCUT2D eigenvalue weighted by Crippen LogP contribution is -2.31. The van der Waals surface area contributed by atoms with Gasteiger partial charge in [-0.25, -0.2) is 0 Å². The maximum Gasteiger partial charge on any atom is 0.238 e. The normalized spacial score (nSPS) is 26.3. The van der Waals surface area contributed by atoms with Gasteiger partial charge in [0.2, 0.25) is 5.91 Å². The van der Waals surface area contributed by atoms with Crippen LogP contribution in [0.2, 0.25) is 0 Å². The van der Waals surface area contributed by atoms with Crippen LogP contribution in [-0.4, -0.2) is 23.9 Å². The molecule has 2 aliphatic rings. The van der Waals surface area contributed by atoms with Crippen LogP contribution in [-0.2, 0) is 4.79 Å². The van der Waals surface area contributed by atoms with Crippen molar-refractivity contribution in [3.8, 4) is 0 Å². The van der Waals surface area contributed by atoms with E-state index in [-0.39, 0.29) is 12.1 Å². The Labute approximate surface area is 93.1 Å². The predicted octanol–water partition coefficient (Wildman–Crippen LogP) is 1.59. The van der Waals surface area contributed by atoms with E-state index in [1.54, 1.807) is 11.3 Å². The molecule has 1 saturated carbocycles. The minimum absolute atomic E-state index is 0.129. The Kier molecular flexibility index (Phi) is 2.25. The van der Waals surface area contributed by atoms with Crippen LogP contribution < -0.4 is 5.32 Å². The summed E-state index contributed by atoms with van der Waals surface area (Å²) in [7, 11) is 0. The maximum atomic E-state index is 11.7. The third-order valence-electron chi connectivity index (χ3n) is 3.09. The Bertz CT molecular complexity index is 359. The van der Waals surface area contributed by atoms with Gasteiger partial charge in [-0.3, -0.25) is 10.1 Å². The van der Waals surface area contributed by atoms with E-state index in [1.807, 2.05) is 4.90 Å². The molecule has 3 nitrogen and oxygen atoms in total. The van der Waals surface area contributed by atoms with Crippen molar-refractivity contribution in [2.75, 3.05) is 13.1 Å². The topological polar surface area (TPSA) is 32.3 Å². The minimum Gasteiger partial charge on any atom is -0.322 e. The highest BCUT2D eigenvalue weighted by molar-refractivity contribution is 7.07. The second-order valence-electron chi connectivity index (χ2n) is 4.33. The molecular weight excluding hydrogens is 208 g/mol. The van der Waals surface area contributed by atoms with Crippen LogP contribution in [0.4, 0.5) is 0 Å². The van der Waals surface area contributed by atoms with Crippen LogP contribution in [0.25, 0.3) is 0 Å². The van der Waals surface area contributed by atoms with E-state index in [1.165, 1.54) is 18.4 Å². The number of thiophene rings is 1. The van der Waals surface area contributed by atoms with E-state index in [4.69, 9.17) is 0 Å². The van der Waals surface area contributed by atoms with Crippen molar-refractivity contribution in [3.05, 3.63) is 22.4 Å². The van der Waals surface area contributed by atoms with E-state index >= 15 is 0 Å². The molecule has 0 spiro atoms. The molecule has 15 heavy (non-hydrogen) atoms. The molecule has 1 saturated heterocycles. The van der Waals surface area contributed by atoms with Crippen LogP contribution in [0, 0.1) is 5.92 Å². The molecule has 0 radical (unpaired) electrons. The highest BCUT2D eigenvalue weighted by Crippen LogP contribution is 2.33. The predicted molar refractivity (Wildman–Crippen MR) is 59.5 cm³/mol. The summed E-state index contributed by atoms with van der Waals surface area (Å²) >= 11 is 1.69. The molecule has 3 rings (SSSR count). The summed E-state index contributed by atoms with van der Waals surface area (Å²) in [5.74, 6) is 1.01. The highest BCUT2D eigenvalue weighted by atomic mass is 32.1. The van der Waals surface area contributed by atoms with Gasteiger partial charge >= 0.3 is 0 Å². The van der Waals surface area contributed by atoms with E-state index in [0.29, 0.717) is 6.54 Å². The molecule has 4 heteroatoms. The van der Waals surface area contributed by atoms with Gasteiger partial charge in [0, 0.05) is 6.54 Å². The summed E-state index contributed by atoms with van der Waals surface area (Å²) in [5.41, 5.74) is 1.23. The summed E-state index contributed by atoms with van der Waals surface area (Å²) in [5, 5.41) is 7.46. The molecule has 0 aromatic carbocycles. The fourth-order valence-electron chi connectivity index (χ4n) is 2.05. The smallest absolute Gasteiger partial charge is 0.238 e. The van der Waals surface area contributed by atoms with Crippen molar-refractivity contribution in [1.82, 2.24) is 10.2 Å². The average Bonchev–Trinajstić information content (AvgIpc) is 2.75. The first-order valence-electron chi connectivity index (χ1n) is 5.39. The van der Waals surface area contributed by atoms with Crippen LogP contribution >= 0.6 is 11.3 Å². The summed E-state index contributed by atoms with van der Waals surface area (Å²) in [6.07, 6.45) is 2.71. The van der Waals surface area contributed by atoms with Crippen molar-refractivity contribution in [2.45, 2.75) is 19.0 Å². The number of carbonyl (C=O) groups excluding carboxylic acids is 1. The Morgan fingerprint density at radius 3 is 3.07 bits per heavy atom. The van der Waals surface area contributed by atoms with E-state index in [9.17, 15) is 4.79 Å². The third-order valence-corrected chi connectivity index (χ3v) is 3.79. The summed E-state index contributed by atoms with van der Waals surface area (Å²) in [6.45, 7) is 1.43. The van der Waals surface area contributed by atoms with Gasteiger partial charge in [0.05, 0.1) is 6.54 Å². The highest BCUT2D eigenvalue weighted by Gasteiger charge is 2.35. The second kappa shape index (κ2) is 3.61. The van der Waals surface area contributed by atoms with Gasteiger partial charge in [-0.05, 0) is 41.1 Å². The lowest BCUT2D eigenvalue weighted by molar-refractivity contribution is -0.128. The van der Waals surface area contributed by atoms with Gasteiger partial charge in [-0.15, -0.1) is 0 Å². The minimum atomic E-state index is 0.129. The second-order valence-corrected chi connectivity index (χ2v) is 5.11. The number of hydrogen-bond donors (Lipinski definition) is 1. The monoisotopic (exact) mass is 222 g/mol. The standard InChI is InChI=1S/C11H14N2OS/c14-10-5-12-11(9-3-4-15-7-9)13(10)6-8-1-2-8/h3-4,7-8,11-12H,1-2,5-6H2. The van der Waals surface area contributed by atoms with Gasteiger partial charge < -0.3 is 4.90 Å². The van der Waals surface area contributed by atoms with Crippen LogP contribution in [0.3, 0.4) is 0 Å². The largest absolute Gasteiger partial charge is 0.322 e. The first kappa shape index (κ1) is 9.36. The molecule has 2 fully saturated rings. The zero-order chi connectivity index (χ0) is 10.3. The quantitative estimate of drug-likeness (QED) is 0.842. The fourth-order valence-corrected chi connectivity index (χ4v) is 2.73. The van der Waals surface area contributed by atoms with Gasteiger partial charge in [-0.1, -0.05) is 0 Å². The number of nitrogens with one attached hydrogen (secondary N) is 1. The molecule has 1 aliphatic heterocycles. The van der Waals surface area contributed by atoms with Gasteiger partial charge in [0.15, 0.2) is 0 Å². The van der Waals surface area contributed by atoms with Crippen LogP contribution in [0.15, 0.2) is 16.8 Å². The van der Waals surface area contributed by atoms with Crippen molar-refractivity contribution in [3.63, 3.8) is 0 Å². The molecule has 80 valence electrons. The molecule has 0 bridgehead atoms. The van der Waals surface area contributed by atoms with Crippen LogP contribution in [0.5, 0.6) is 0 Å². The fraction of sp³-hybridized carbons (Fsp3) is 0.545. The molecule has 1 N–H and O–H groups in total. The van der Waals surface area contributed by atoms with Crippen molar-refractivity contribution >= 4 is 17.2 Å². The summed E-state index contributed by atoms with van der Waals surface area (Å²) in [4.78, 5) is 13.7. The summed E-state index contributed by atoms with van der Waals surface area (Å²) < 4.78 is 0. The number of nitrogens with zero attached hydrogens (tertiary/aromatic N) is 1. The Balaban J connectivity index is 1.78. The van der Waals surface area contributed by atoms with E-state index in [0.717, 1.165) is 12.5 Å². The molecule has 1 amide bonds. The van der Waals surface area contributed by atoms with Crippen molar-refractivity contribution < 1.29 is 4.79 Å². The zero-order valence-electron chi connectivity index (χ0n) is 8.48. The molecule has 2 heterocycles. The van der Waals surface area contributed by atoms with Crippen LogP contribution in [0.1, 0.15) is 24.6 Å². The average molecular weight is 222 g/mol. The van der Waals surface area contributed by atoms with Gasteiger partial charge in [-0.2, -0.15) is 11.3 Å². The lowest BCUT2D eigenvalue weighted by Gasteiger charge is -2.23. The Morgan fingerprint density at radius 1 is 1.53 bits per heavy atom. The molecule has 1 aliphatic carbocycles. The Hall–Kier alpha value is -0.870. The number of carbonyl (C=O) groups is 1. The molecular formula is C11H14N2OS. The summed E-state index contributed by atoms with van der Waals surface area (Å²) in [6, 6.07) is 2.10. The molecule has 1 aromatic rings. The first-order valence-corrected chi connectivity index (χ1v) is 6.34. The Morgan fingerprint density at radius 2 is 2.40 bits per heavy atom. The number of amides is 1. The zero-order valence-corrected chi connectivity index (χ0v) is 9.30. The maximum absolute atomic E-state index is 11.7. The molecule has 1 unspecified atom stereocenters. The van der Waals surface area contributed by atoms with Gasteiger partial charge in [0.25, 0.3) is 0 Å². The third kappa shape index (κ3) is 1.79. The van der Waals surface area contributed by atoms with E-state index < -0.39 is 0 Å². The number of rotatable bonds is 3. The van der Waals surface area contributed by atoms with Crippen molar-refractivity contribution in [2.24, 2.45) is 5.92 Å². The molecule has 1 atom stereocenters. The van der Waals surface area contributed by atoms with E-state index in [2.05, 4.69) is 22.1 Å². The first-order chi connectivity index (χ1) is 7.34. The number of hydrogen-bond acceptors (Lipinski definition) is 3. The van der Waals surface area contributed by atoms with Gasteiger partial charge in [0.1, 0.15) is 6.17 Å². The molecule has 1 aromatic heterocycles. The van der Waals surface area contributed by atoms with Crippen molar-refractivity contribution in [1.29, 1.82) is 0 Å². The SMILES string of the molecule is O=C1CNC(c2ccsc2)N1CC1CC1.